The molecule has 0 aromatic heterocycles. The fourth-order valence-corrected chi connectivity index (χ4v) is 4.83. The van der Waals surface area contributed by atoms with Crippen molar-refractivity contribution in [1.82, 2.24) is 0 Å². The summed E-state index contributed by atoms with van der Waals surface area (Å²) in [5, 5.41) is 2.93. The summed E-state index contributed by atoms with van der Waals surface area (Å²) >= 11 is 0. The van der Waals surface area contributed by atoms with E-state index in [1.165, 1.54) is 46.5 Å². The Hall–Kier alpha value is -1.82. The molecule has 2 atom stereocenters. The molecule has 0 aliphatic heterocycles. The Kier molecular flexibility index (Phi) is 6.40. The second kappa shape index (κ2) is 8.05. The number of rotatable bonds is 6. The molecule has 2 N–H and O–H groups in total. The summed E-state index contributed by atoms with van der Waals surface area (Å²) < 4.78 is 58.2. The molecule has 0 aliphatic carbocycles. The molecule has 0 bridgehead atoms. The number of benzene rings is 2. The molecular weight excluding hydrogens is 416 g/mol. The lowest BCUT2D eigenvalue weighted by atomic mass is 10.2. The topological polar surface area (TPSA) is 84.5 Å². The maximum atomic E-state index is 12.9. The highest BCUT2D eigenvalue weighted by molar-refractivity contribution is 7.93. The van der Waals surface area contributed by atoms with Crippen LogP contribution in [0.4, 0.5) is 20.2 Å². The highest BCUT2D eigenvalue weighted by Crippen LogP contribution is 2.29. The number of anilines is 2. The van der Waals surface area contributed by atoms with E-state index in [0.717, 1.165) is 6.07 Å². The van der Waals surface area contributed by atoms with E-state index >= 15 is 0 Å². The Balaban J connectivity index is 2.35. The monoisotopic (exact) mass is 434 g/mol. The van der Waals surface area contributed by atoms with Crippen LogP contribution in [0.3, 0.4) is 0 Å². The largest absolute Gasteiger partial charge is 0.430 e. The first-order chi connectivity index (χ1) is 12.4. The van der Waals surface area contributed by atoms with E-state index in [2.05, 4.69) is 24.0 Å². The van der Waals surface area contributed by atoms with Crippen LogP contribution in [-0.2, 0) is 14.8 Å². The molecule has 2 unspecified atom stereocenters. The number of ether oxygens (including phenoxy) is 1. The number of aryl methyl sites for hydroxylation is 1. The van der Waals surface area contributed by atoms with Crippen LogP contribution in [0.1, 0.15) is 12.5 Å². The number of carbonyl (C=O) groups excluding carboxylic acids is 1. The quantitative estimate of drug-likeness (QED) is 0.685. The van der Waals surface area contributed by atoms with Gasteiger partial charge in [0, 0.05) is 18.7 Å². The number of amides is 1. The van der Waals surface area contributed by atoms with Gasteiger partial charge in [-0.15, -0.1) is 9.24 Å². The van der Waals surface area contributed by atoms with Crippen molar-refractivity contribution >= 4 is 51.1 Å². The average molecular weight is 434 g/mol. The SMILES string of the molecule is CC(=O)Nc1cc(C)c(S(=O)(=O)Nc2cccc(OC(F)(F)P)c2)c(P)c1. The molecule has 0 aliphatic rings. The summed E-state index contributed by atoms with van der Waals surface area (Å²) in [6, 6.07) is 8.26. The number of carbonyl (C=O) groups is 1. The number of nitrogens with one attached hydrogen (secondary N) is 2. The summed E-state index contributed by atoms with van der Waals surface area (Å²) in [4.78, 5) is 11.2. The van der Waals surface area contributed by atoms with Crippen LogP contribution in [-0.4, -0.2) is 20.2 Å². The number of hydrogen-bond donors (Lipinski definition) is 2. The molecule has 27 heavy (non-hydrogen) atoms. The van der Waals surface area contributed by atoms with E-state index in [4.69, 9.17) is 0 Å². The fourth-order valence-electron chi connectivity index (χ4n) is 2.43. The van der Waals surface area contributed by atoms with Crippen LogP contribution in [0, 0.1) is 6.92 Å². The third kappa shape index (κ3) is 6.09. The van der Waals surface area contributed by atoms with Gasteiger partial charge in [-0.25, -0.2) is 8.42 Å². The summed E-state index contributed by atoms with van der Waals surface area (Å²) in [6.45, 7) is 2.93. The zero-order valence-corrected chi connectivity index (χ0v) is 17.5. The Morgan fingerprint density at radius 1 is 1.19 bits per heavy atom. The van der Waals surface area contributed by atoms with Crippen LogP contribution in [0.2, 0.25) is 0 Å². The van der Waals surface area contributed by atoms with Gasteiger partial charge in [-0.2, -0.15) is 8.78 Å². The van der Waals surface area contributed by atoms with E-state index in [9.17, 15) is 22.0 Å². The molecule has 2 aromatic rings. The normalized spacial score (nSPS) is 11.8. The van der Waals surface area contributed by atoms with E-state index in [1.807, 2.05) is 0 Å². The predicted octanol–water partition coefficient (Wildman–Crippen LogP) is 3.06. The van der Waals surface area contributed by atoms with Crippen molar-refractivity contribution in [3.05, 3.63) is 42.0 Å². The van der Waals surface area contributed by atoms with Crippen molar-refractivity contribution in [1.29, 1.82) is 0 Å². The number of halogens is 2. The van der Waals surface area contributed by atoms with Gasteiger partial charge in [0.05, 0.1) is 10.6 Å². The van der Waals surface area contributed by atoms with Crippen LogP contribution in [0.15, 0.2) is 41.3 Å². The van der Waals surface area contributed by atoms with Crippen LogP contribution in [0.5, 0.6) is 5.75 Å². The molecule has 11 heteroatoms. The first-order valence-electron chi connectivity index (χ1n) is 7.54. The molecule has 0 radical (unpaired) electrons. The lowest BCUT2D eigenvalue weighted by Gasteiger charge is -2.16. The van der Waals surface area contributed by atoms with Crippen molar-refractivity contribution in [2.24, 2.45) is 0 Å². The molecule has 0 saturated carbocycles. The smallest absolute Gasteiger partial charge is 0.408 e. The summed E-state index contributed by atoms with van der Waals surface area (Å²) in [5.74, 6) is -3.95. The van der Waals surface area contributed by atoms with Gasteiger partial charge in [0.25, 0.3) is 10.0 Å². The van der Waals surface area contributed by atoms with E-state index < -0.39 is 15.9 Å². The van der Waals surface area contributed by atoms with Crippen molar-refractivity contribution < 1.29 is 26.7 Å². The number of hydrogen-bond acceptors (Lipinski definition) is 4. The second-order valence-corrected chi connectivity index (χ2v) is 8.60. The van der Waals surface area contributed by atoms with Crippen LogP contribution < -0.4 is 20.1 Å². The summed E-state index contributed by atoms with van der Waals surface area (Å²) in [7, 11) is -0.465. The van der Waals surface area contributed by atoms with Gasteiger partial charge < -0.3 is 10.1 Å². The summed E-state index contributed by atoms with van der Waals surface area (Å²) in [6.07, 6.45) is 0. The number of sulfonamides is 1. The van der Waals surface area contributed by atoms with Crippen LogP contribution >= 0.6 is 18.5 Å². The Labute approximate surface area is 160 Å². The molecule has 0 spiro atoms. The standard InChI is InChI=1S/C16H18F2N2O4P2S/c1-9-6-12(19-10(2)21)8-14(25)15(9)27(22,23)20-11-4-3-5-13(7-11)24-16(17,18)26/h3-8,20H,25-26H2,1-2H3,(H,19,21). The van der Waals surface area contributed by atoms with Crippen molar-refractivity contribution in [2.75, 3.05) is 10.0 Å². The lowest BCUT2D eigenvalue weighted by Crippen LogP contribution is -2.21. The highest BCUT2D eigenvalue weighted by atomic mass is 32.2. The molecule has 146 valence electrons. The first kappa shape index (κ1) is 21.5. The maximum Gasteiger partial charge on any atom is 0.408 e. The Bertz CT molecular complexity index is 956. The zero-order valence-electron chi connectivity index (χ0n) is 14.4. The zero-order chi connectivity index (χ0) is 20.4. The minimum absolute atomic E-state index is 0.00398. The van der Waals surface area contributed by atoms with Gasteiger partial charge in [0.1, 0.15) is 5.75 Å². The second-order valence-electron chi connectivity index (χ2n) is 5.69. The number of alkyl halides is 2. The van der Waals surface area contributed by atoms with E-state index in [0.29, 0.717) is 16.6 Å². The minimum atomic E-state index is -4.01. The molecule has 0 heterocycles. The maximum absolute atomic E-state index is 12.9. The van der Waals surface area contributed by atoms with Gasteiger partial charge >= 0.3 is 5.85 Å². The van der Waals surface area contributed by atoms with Gasteiger partial charge in [-0.05, 0) is 51.3 Å². The van der Waals surface area contributed by atoms with Gasteiger partial charge in [-0.1, -0.05) is 6.07 Å². The molecule has 2 aromatic carbocycles. The van der Waals surface area contributed by atoms with Crippen molar-refractivity contribution in [3.8, 4) is 5.75 Å². The first-order valence-corrected chi connectivity index (χ1v) is 10.2. The average Bonchev–Trinajstić information content (AvgIpc) is 2.42. The van der Waals surface area contributed by atoms with Crippen molar-refractivity contribution in [3.63, 3.8) is 0 Å². The molecular formula is C16H18F2N2O4P2S. The molecule has 1 amide bonds. The third-order valence-electron chi connectivity index (χ3n) is 3.23. The van der Waals surface area contributed by atoms with E-state index in [1.54, 1.807) is 6.92 Å². The summed E-state index contributed by atoms with van der Waals surface area (Å²) in [5.41, 5.74) is 0.932. The minimum Gasteiger partial charge on any atom is -0.430 e. The third-order valence-corrected chi connectivity index (χ3v) is 5.61. The van der Waals surface area contributed by atoms with Gasteiger partial charge in [0.2, 0.25) is 5.91 Å². The molecule has 6 nitrogen and oxygen atoms in total. The Morgan fingerprint density at radius 3 is 2.41 bits per heavy atom. The lowest BCUT2D eigenvalue weighted by molar-refractivity contribution is -0.114. The van der Waals surface area contributed by atoms with Crippen molar-refractivity contribution in [2.45, 2.75) is 24.6 Å². The Morgan fingerprint density at radius 2 is 1.85 bits per heavy atom. The van der Waals surface area contributed by atoms with Gasteiger partial charge in [0.15, 0.2) is 0 Å². The predicted molar refractivity (Wildman–Crippen MR) is 107 cm³/mol. The fraction of sp³-hybridized carbons (Fsp3) is 0.188. The van der Waals surface area contributed by atoms with Crippen LogP contribution in [0.25, 0.3) is 0 Å². The molecule has 0 fully saturated rings. The highest BCUT2D eigenvalue weighted by Gasteiger charge is 2.24. The van der Waals surface area contributed by atoms with Gasteiger partial charge in [-0.3, -0.25) is 9.52 Å². The van der Waals surface area contributed by atoms with E-state index in [-0.39, 0.29) is 22.2 Å². The molecule has 2 rings (SSSR count). The molecule has 0 saturated heterocycles.